The Morgan fingerprint density at radius 2 is 2.08 bits per heavy atom. The van der Waals surface area contributed by atoms with Crippen LogP contribution in [-0.2, 0) is 25.8 Å². The average molecular weight is 324 g/mol. The van der Waals surface area contributed by atoms with Gasteiger partial charge in [0.15, 0.2) is 0 Å². The maximum atomic E-state index is 11.5. The van der Waals surface area contributed by atoms with Gasteiger partial charge in [-0.3, -0.25) is 9.48 Å². The number of aromatic nitrogens is 2. The van der Waals surface area contributed by atoms with E-state index < -0.39 is 0 Å². The molecule has 0 fully saturated rings. The van der Waals surface area contributed by atoms with Gasteiger partial charge < -0.3 is 11.1 Å². The molecule has 0 radical (unpaired) electrons. The van der Waals surface area contributed by atoms with E-state index in [-0.39, 0.29) is 5.91 Å². The van der Waals surface area contributed by atoms with E-state index in [2.05, 4.69) is 34.7 Å². The SMILES string of the molecule is NC(=O)c1cnn2c1C[C@H](CN[C@H]1CCc3ccccc3C1)CC2. The van der Waals surface area contributed by atoms with E-state index in [4.69, 9.17) is 5.73 Å². The van der Waals surface area contributed by atoms with Crippen LogP contribution in [0.2, 0.25) is 0 Å². The number of benzene rings is 1. The molecule has 0 unspecified atom stereocenters. The zero-order valence-corrected chi connectivity index (χ0v) is 13.9. The van der Waals surface area contributed by atoms with Crippen molar-refractivity contribution in [3.63, 3.8) is 0 Å². The van der Waals surface area contributed by atoms with E-state index in [1.807, 2.05) is 4.68 Å². The monoisotopic (exact) mass is 324 g/mol. The van der Waals surface area contributed by atoms with Crippen molar-refractivity contribution in [2.45, 2.75) is 44.7 Å². The van der Waals surface area contributed by atoms with Crippen LogP contribution in [0.5, 0.6) is 0 Å². The normalized spacial score (nSPS) is 22.7. The van der Waals surface area contributed by atoms with Crippen molar-refractivity contribution >= 4 is 5.91 Å². The Morgan fingerprint density at radius 1 is 1.25 bits per heavy atom. The fraction of sp³-hybridized carbons (Fsp3) is 0.474. The molecule has 2 aliphatic rings. The van der Waals surface area contributed by atoms with Gasteiger partial charge in [-0.05, 0) is 55.7 Å². The number of carbonyl (C=O) groups is 1. The topological polar surface area (TPSA) is 72.9 Å². The van der Waals surface area contributed by atoms with Crippen LogP contribution in [0.25, 0.3) is 0 Å². The third-order valence-electron chi connectivity index (χ3n) is 5.49. The highest BCUT2D eigenvalue weighted by Crippen LogP contribution is 2.24. The number of rotatable bonds is 4. The van der Waals surface area contributed by atoms with Gasteiger partial charge in [0.2, 0.25) is 0 Å². The van der Waals surface area contributed by atoms with Crippen LogP contribution in [0.4, 0.5) is 0 Å². The Labute approximate surface area is 142 Å². The third kappa shape index (κ3) is 2.96. The summed E-state index contributed by atoms with van der Waals surface area (Å²) in [6, 6.07) is 9.33. The fourth-order valence-corrected chi connectivity index (χ4v) is 4.08. The first-order valence-corrected chi connectivity index (χ1v) is 8.85. The van der Waals surface area contributed by atoms with Gasteiger partial charge in [0.05, 0.1) is 17.5 Å². The molecule has 2 heterocycles. The number of carbonyl (C=O) groups excluding carboxylic acids is 1. The molecule has 2 atom stereocenters. The number of primary amides is 1. The minimum atomic E-state index is -0.367. The van der Waals surface area contributed by atoms with Crippen LogP contribution < -0.4 is 11.1 Å². The zero-order chi connectivity index (χ0) is 16.5. The minimum Gasteiger partial charge on any atom is -0.365 e. The molecule has 1 amide bonds. The van der Waals surface area contributed by atoms with Gasteiger partial charge in [-0.1, -0.05) is 24.3 Å². The van der Waals surface area contributed by atoms with E-state index in [1.165, 1.54) is 17.5 Å². The van der Waals surface area contributed by atoms with Crippen molar-refractivity contribution in [1.29, 1.82) is 0 Å². The van der Waals surface area contributed by atoms with Crippen LogP contribution in [0, 0.1) is 5.92 Å². The number of nitrogens with two attached hydrogens (primary N) is 1. The summed E-state index contributed by atoms with van der Waals surface area (Å²) in [5, 5.41) is 8.04. The molecular weight excluding hydrogens is 300 g/mol. The predicted molar refractivity (Wildman–Crippen MR) is 92.8 cm³/mol. The highest BCUT2D eigenvalue weighted by atomic mass is 16.1. The lowest BCUT2D eigenvalue weighted by Gasteiger charge is -2.29. The average Bonchev–Trinajstić information content (AvgIpc) is 3.03. The summed E-state index contributed by atoms with van der Waals surface area (Å²) in [7, 11) is 0. The Bertz CT molecular complexity index is 752. The standard InChI is InChI=1S/C19H24N4O/c20-19(24)17-12-22-23-8-7-13(9-18(17)23)11-21-16-6-5-14-3-1-2-4-15(14)10-16/h1-4,12-13,16,21H,5-11H2,(H2,20,24)/t13-,16+/m1/s1. The number of aryl methyl sites for hydroxylation is 2. The van der Waals surface area contributed by atoms with Crippen LogP contribution in [0.1, 0.15) is 40.0 Å². The van der Waals surface area contributed by atoms with Crippen molar-refractivity contribution in [2.75, 3.05) is 6.54 Å². The lowest BCUT2D eigenvalue weighted by atomic mass is 9.87. The maximum absolute atomic E-state index is 11.5. The van der Waals surface area contributed by atoms with Crippen LogP contribution >= 0.6 is 0 Å². The number of nitrogens with one attached hydrogen (secondary N) is 1. The minimum absolute atomic E-state index is 0.367. The summed E-state index contributed by atoms with van der Waals surface area (Å²) in [5.74, 6) is 0.179. The van der Waals surface area contributed by atoms with Gasteiger partial charge in [-0.15, -0.1) is 0 Å². The van der Waals surface area contributed by atoms with Gasteiger partial charge >= 0.3 is 0 Å². The van der Waals surface area contributed by atoms with Gasteiger partial charge in [0.25, 0.3) is 5.91 Å². The van der Waals surface area contributed by atoms with Crippen molar-refractivity contribution in [3.05, 3.63) is 52.8 Å². The van der Waals surface area contributed by atoms with E-state index in [0.717, 1.165) is 44.5 Å². The van der Waals surface area contributed by atoms with Gasteiger partial charge in [-0.25, -0.2) is 0 Å². The highest BCUT2D eigenvalue weighted by Gasteiger charge is 2.25. The van der Waals surface area contributed by atoms with Gasteiger partial charge in [-0.2, -0.15) is 5.10 Å². The summed E-state index contributed by atoms with van der Waals surface area (Å²) >= 11 is 0. The second-order valence-electron chi connectivity index (χ2n) is 7.07. The molecule has 5 nitrogen and oxygen atoms in total. The number of hydrogen-bond acceptors (Lipinski definition) is 3. The summed E-state index contributed by atoms with van der Waals surface area (Å²) in [4.78, 5) is 11.5. The lowest BCUT2D eigenvalue weighted by Crippen LogP contribution is -2.39. The summed E-state index contributed by atoms with van der Waals surface area (Å²) in [5.41, 5.74) is 10.0. The first kappa shape index (κ1) is 15.4. The second kappa shape index (κ2) is 6.40. The molecule has 2 aromatic rings. The Balaban J connectivity index is 1.36. The highest BCUT2D eigenvalue weighted by molar-refractivity contribution is 5.93. The smallest absolute Gasteiger partial charge is 0.252 e. The molecule has 5 heteroatoms. The number of hydrogen-bond donors (Lipinski definition) is 2. The first-order chi connectivity index (χ1) is 11.7. The molecule has 24 heavy (non-hydrogen) atoms. The molecule has 3 N–H and O–H groups in total. The molecule has 1 aliphatic heterocycles. The van der Waals surface area contributed by atoms with Crippen molar-refractivity contribution < 1.29 is 4.79 Å². The number of nitrogens with zero attached hydrogens (tertiary/aromatic N) is 2. The fourth-order valence-electron chi connectivity index (χ4n) is 4.08. The van der Waals surface area contributed by atoms with Crippen LogP contribution in [0.15, 0.2) is 30.5 Å². The Morgan fingerprint density at radius 3 is 2.92 bits per heavy atom. The quantitative estimate of drug-likeness (QED) is 0.899. The lowest BCUT2D eigenvalue weighted by molar-refractivity contribution is 0.0998. The van der Waals surface area contributed by atoms with E-state index in [0.29, 0.717) is 17.5 Å². The van der Waals surface area contributed by atoms with Crippen molar-refractivity contribution in [2.24, 2.45) is 11.7 Å². The number of fused-ring (bicyclic) bond motifs is 2. The molecule has 0 spiro atoms. The molecule has 1 aliphatic carbocycles. The largest absolute Gasteiger partial charge is 0.365 e. The van der Waals surface area contributed by atoms with Gasteiger partial charge in [0.1, 0.15) is 0 Å². The van der Waals surface area contributed by atoms with Crippen LogP contribution in [-0.4, -0.2) is 28.3 Å². The summed E-state index contributed by atoms with van der Waals surface area (Å²) in [6.07, 6.45) is 7.09. The molecule has 1 aromatic heterocycles. The maximum Gasteiger partial charge on any atom is 0.252 e. The van der Waals surface area contributed by atoms with Crippen molar-refractivity contribution in [3.8, 4) is 0 Å². The first-order valence-electron chi connectivity index (χ1n) is 8.85. The molecular formula is C19H24N4O. The summed E-state index contributed by atoms with van der Waals surface area (Å²) in [6.45, 7) is 1.87. The van der Waals surface area contributed by atoms with E-state index >= 15 is 0 Å². The van der Waals surface area contributed by atoms with Crippen molar-refractivity contribution in [1.82, 2.24) is 15.1 Å². The second-order valence-corrected chi connectivity index (χ2v) is 7.07. The Hall–Kier alpha value is -2.14. The molecule has 0 bridgehead atoms. The van der Waals surface area contributed by atoms with E-state index in [1.54, 1.807) is 6.20 Å². The van der Waals surface area contributed by atoms with Crippen LogP contribution in [0.3, 0.4) is 0 Å². The summed E-state index contributed by atoms with van der Waals surface area (Å²) < 4.78 is 1.94. The predicted octanol–water partition coefficient (Wildman–Crippen LogP) is 1.69. The molecule has 4 rings (SSSR count). The molecule has 126 valence electrons. The molecule has 0 saturated carbocycles. The Kier molecular flexibility index (Phi) is 4.10. The van der Waals surface area contributed by atoms with Gasteiger partial charge in [0, 0.05) is 12.6 Å². The van der Waals surface area contributed by atoms with E-state index in [9.17, 15) is 4.79 Å². The third-order valence-corrected chi connectivity index (χ3v) is 5.49. The molecule has 0 saturated heterocycles. The number of amides is 1. The molecule has 1 aromatic carbocycles. The zero-order valence-electron chi connectivity index (χ0n) is 13.9.